The summed E-state index contributed by atoms with van der Waals surface area (Å²) in [5.41, 5.74) is 0. The first-order valence-electron chi connectivity index (χ1n) is 4.55. The first kappa shape index (κ1) is 10.3. The first-order chi connectivity index (χ1) is 6.36. The standard InChI is InChI=1S/C10H17NO2/c1-11-9(8-12-2)5-6-10-4-3-7-13-10/h3-4,7,9,11H,5-6,8H2,1-2H3. The Balaban J connectivity index is 2.23. The molecular weight excluding hydrogens is 166 g/mol. The summed E-state index contributed by atoms with van der Waals surface area (Å²) in [6, 6.07) is 4.33. The molecular formula is C10H17NO2. The lowest BCUT2D eigenvalue weighted by Gasteiger charge is -2.13. The van der Waals surface area contributed by atoms with E-state index < -0.39 is 0 Å². The molecule has 0 saturated carbocycles. The van der Waals surface area contributed by atoms with Crippen molar-refractivity contribution in [2.75, 3.05) is 20.8 Å². The maximum Gasteiger partial charge on any atom is 0.103 e. The van der Waals surface area contributed by atoms with Crippen molar-refractivity contribution in [3.05, 3.63) is 24.2 Å². The molecule has 1 rings (SSSR count). The molecule has 0 aliphatic rings. The van der Waals surface area contributed by atoms with Crippen LogP contribution in [0.1, 0.15) is 12.2 Å². The molecule has 74 valence electrons. The third-order valence-electron chi connectivity index (χ3n) is 2.10. The number of ether oxygens (including phenoxy) is 1. The molecule has 1 heterocycles. The average Bonchev–Trinajstić information content (AvgIpc) is 2.64. The van der Waals surface area contributed by atoms with E-state index in [4.69, 9.17) is 9.15 Å². The summed E-state index contributed by atoms with van der Waals surface area (Å²) in [6.45, 7) is 0.747. The summed E-state index contributed by atoms with van der Waals surface area (Å²) in [4.78, 5) is 0. The van der Waals surface area contributed by atoms with Crippen molar-refractivity contribution in [3.8, 4) is 0 Å². The van der Waals surface area contributed by atoms with Gasteiger partial charge in [0, 0.05) is 19.6 Å². The summed E-state index contributed by atoms with van der Waals surface area (Å²) < 4.78 is 10.3. The van der Waals surface area contributed by atoms with E-state index in [1.165, 1.54) is 0 Å². The van der Waals surface area contributed by atoms with E-state index in [1.807, 2.05) is 19.2 Å². The van der Waals surface area contributed by atoms with Crippen LogP contribution in [-0.2, 0) is 11.2 Å². The fourth-order valence-corrected chi connectivity index (χ4v) is 1.28. The molecule has 1 N–H and O–H groups in total. The molecule has 0 aliphatic carbocycles. The van der Waals surface area contributed by atoms with Gasteiger partial charge in [-0.15, -0.1) is 0 Å². The minimum atomic E-state index is 0.412. The van der Waals surface area contributed by atoms with Crippen LogP contribution >= 0.6 is 0 Å². The topological polar surface area (TPSA) is 34.4 Å². The number of nitrogens with one attached hydrogen (secondary N) is 1. The number of rotatable bonds is 6. The lowest BCUT2D eigenvalue weighted by molar-refractivity contribution is 0.165. The molecule has 1 unspecified atom stereocenters. The average molecular weight is 183 g/mol. The zero-order valence-corrected chi connectivity index (χ0v) is 8.25. The third kappa shape index (κ3) is 3.61. The van der Waals surface area contributed by atoms with Crippen molar-refractivity contribution in [1.82, 2.24) is 5.32 Å². The molecule has 1 aromatic heterocycles. The molecule has 1 atom stereocenters. The fourth-order valence-electron chi connectivity index (χ4n) is 1.28. The molecule has 3 nitrogen and oxygen atoms in total. The monoisotopic (exact) mass is 183 g/mol. The van der Waals surface area contributed by atoms with Gasteiger partial charge in [0.25, 0.3) is 0 Å². The Bertz CT molecular complexity index is 209. The van der Waals surface area contributed by atoms with Gasteiger partial charge < -0.3 is 14.5 Å². The van der Waals surface area contributed by atoms with E-state index in [-0.39, 0.29) is 0 Å². The Morgan fingerprint density at radius 2 is 2.46 bits per heavy atom. The first-order valence-corrected chi connectivity index (χ1v) is 4.55. The number of hydrogen-bond donors (Lipinski definition) is 1. The third-order valence-corrected chi connectivity index (χ3v) is 2.10. The summed E-state index contributed by atoms with van der Waals surface area (Å²) in [6.07, 6.45) is 3.71. The maximum atomic E-state index is 5.24. The molecule has 0 saturated heterocycles. The number of hydrogen-bond acceptors (Lipinski definition) is 3. The summed E-state index contributed by atoms with van der Waals surface area (Å²) in [7, 11) is 3.67. The quantitative estimate of drug-likeness (QED) is 0.724. The van der Waals surface area contributed by atoms with Gasteiger partial charge in [-0.05, 0) is 25.6 Å². The summed E-state index contributed by atoms with van der Waals surface area (Å²) in [5, 5.41) is 3.20. The Hall–Kier alpha value is -0.800. The predicted molar refractivity (Wildman–Crippen MR) is 51.8 cm³/mol. The highest BCUT2D eigenvalue weighted by atomic mass is 16.5. The number of methoxy groups -OCH3 is 1. The van der Waals surface area contributed by atoms with Crippen molar-refractivity contribution >= 4 is 0 Å². The van der Waals surface area contributed by atoms with Gasteiger partial charge in [-0.2, -0.15) is 0 Å². The van der Waals surface area contributed by atoms with Gasteiger partial charge in [0.15, 0.2) is 0 Å². The minimum absolute atomic E-state index is 0.412. The Morgan fingerprint density at radius 1 is 1.62 bits per heavy atom. The smallest absolute Gasteiger partial charge is 0.103 e. The van der Waals surface area contributed by atoms with Gasteiger partial charge in [-0.1, -0.05) is 0 Å². The fraction of sp³-hybridized carbons (Fsp3) is 0.600. The van der Waals surface area contributed by atoms with Gasteiger partial charge in [0.1, 0.15) is 5.76 Å². The van der Waals surface area contributed by atoms with Crippen LogP contribution in [0.3, 0.4) is 0 Å². The van der Waals surface area contributed by atoms with E-state index in [2.05, 4.69) is 5.32 Å². The lowest BCUT2D eigenvalue weighted by Crippen LogP contribution is -2.30. The van der Waals surface area contributed by atoms with Crippen molar-refractivity contribution in [3.63, 3.8) is 0 Å². The predicted octanol–water partition coefficient (Wildman–Crippen LogP) is 1.45. The molecule has 3 heteroatoms. The molecule has 0 spiro atoms. The molecule has 0 fully saturated rings. The van der Waals surface area contributed by atoms with Crippen molar-refractivity contribution in [1.29, 1.82) is 0 Å². The second-order valence-corrected chi connectivity index (χ2v) is 3.06. The van der Waals surface area contributed by atoms with Crippen LogP contribution in [0.25, 0.3) is 0 Å². The zero-order valence-electron chi connectivity index (χ0n) is 8.25. The molecule has 13 heavy (non-hydrogen) atoms. The van der Waals surface area contributed by atoms with Crippen LogP contribution in [0.5, 0.6) is 0 Å². The van der Waals surface area contributed by atoms with Gasteiger partial charge in [0.05, 0.1) is 12.9 Å². The summed E-state index contributed by atoms with van der Waals surface area (Å²) in [5.74, 6) is 1.04. The highest BCUT2D eigenvalue weighted by Crippen LogP contribution is 2.05. The Morgan fingerprint density at radius 3 is 3.00 bits per heavy atom. The Kier molecular flexibility index (Phi) is 4.57. The molecule has 0 amide bonds. The Labute approximate surface area is 79.1 Å². The van der Waals surface area contributed by atoms with Crippen LogP contribution in [0.15, 0.2) is 22.8 Å². The second kappa shape index (κ2) is 5.78. The van der Waals surface area contributed by atoms with Crippen LogP contribution in [-0.4, -0.2) is 26.8 Å². The molecule has 1 aromatic rings. The zero-order chi connectivity index (χ0) is 9.52. The van der Waals surface area contributed by atoms with Gasteiger partial charge in [0.2, 0.25) is 0 Å². The van der Waals surface area contributed by atoms with Gasteiger partial charge >= 0.3 is 0 Å². The largest absolute Gasteiger partial charge is 0.469 e. The van der Waals surface area contributed by atoms with Gasteiger partial charge in [-0.25, -0.2) is 0 Å². The maximum absolute atomic E-state index is 5.24. The number of likely N-dealkylation sites (N-methyl/N-ethyl adjacent to an activating group) is 1. The van der Waals surface area contributed by atoms with E-state index in [9.17, 15) is 0 Å². The van der Waals surface area contributed by atoms with E-state index in [1.54, 1.807) is 13.4 Å². The SMILES string of the molecule is CNC(CCc1ccco1)COC. The summed E-state index contributed by atoms with van der Waals surface area (Å²) >= 11 is 0. The van der Waals surface area contributed by atoms with E-state index >= 15 is 0 Å². The number of furan rings is 1. The van der Waals surface area contributed by atoms with E-state index in [0.717, 1.165) is 25.2 Å². The molecule has 0 aliphatic heterocycles. The van der Waals surface area contributed by atoms with Crippen LogP contribution in [0.2, 0.25) is 0 Å². The van der Waals surface area contributed by atoms with Gasteiger partial charge in [-0.3, -0.25) is 0 Å². The molecule has 0 bridgehead atoms. The number of aryl methyl sites for hydroxylation is 1. The highest BCUT2D eigenvalue weighted by Gasteiger charge is 2.06. The molecule has 0 aromatic carbocycles. The molecule has 0 radical (unpaired) electrons. The second-order valence-electron chi connectivity index (χ2n) is 3.06. The minimum Gasteiger partial charge on any atom is -0.469 e. The van der Waals surface area contributed by atoms with Crippen molar-refractivity contribution < 1.29 is 9.15 Å². The highest BCUT2D eigenvalue weighted by molar-refractivity contribution is 4.98. The lowest BCUT2D eigenvalue weighted by atomic mass is 10.1. The van der Waals surface area contributed by atoms with E-state index in [0.29, 0.717) is 6.04 Å². The van der Waals surface area contributed by atoms with Crippen LogP contribution in [0, 0.1) is 0 Å². The van der Waals surface area contributed by atoms with Crippen molar-refractivity contribution in [2.45, 2.75) is 18.9 Å². The van der Waals surface area contributed by atoms with Crippen molar-refractivity contribution in [2.24, 2.45) is 0 Å². The van der Waals surface area contributed by atoms with Crippen LogP contribution in [0.4, 0.5) is 0 Å². The normalized spacial score (nSPS) is 13.1. The van der Waals surface area contributed by atoms with Crippen LogP contribution < -0.4 is 5.32 Å².